The van der Waals surface area contributed by atoms with Crippen molar-refractivity contribution in [2.24, 2.45) is 5.73 Å². The van der Waals surface area contributed by atoms with Gasteiger partial charge in [-0.1, -0.05) is 54.1 Å². The Morgan fingerprint density at radius 1 is 0.882 bits per heavy atom. The smallest absolute Gasteiger partial charge is 0.0406 e. The van der Waals surface area contributed by atoms with E-state index in [4.69, 9.17) is 17.3 Å². The molecule has 88 valence electrons. The lowest BCUT2D eigenvalue weighted by atomic mass is 9.89. The van der Waals surface area contributed by atoms with Crippen LogP contribution in [-0.2, 0) is 0 Å². The van der Waals surface area contributed by atoms with Crippen LogP contribution in [0.4, 0.5) is 0 Å². The van der Waals surface area contributed by atoms with E-state index in [1.807, 2.05) is 18.2 Å². The maximum absolute atomic E-state index is 5.91. The van der Waals surface area contributed by atoms with E-state index >= 15 is 0 Å². The van der Waals surface area contributed by atoms with Crippen molar-refractivity contribution >= 4 is 11.6 Å². The molecule has 0 fully saturated rings. The van der Waals surface area contributed by atoms with Crippen molar-refractivity contribution in [3.8, 4) is 0 Å². The van der Waals surface area contributed by atoms with E-state index in [0.717, 1.165) is 11.4 Å². The molecule has 0 heterocycles. The van der Waals surface area contributed by atoms with E-state index < -0.39 is 0 Å². The quantitative estimate of drug-likeness (QED) is 0.871. The first-order valence-corrected chi connectivity index (χ1v) is 6.19. The molecule has 0 aromatic heterocycles. The van der Waals surface area contributed by atoms with Crippen molar-refractivity contribution < 1.29 is 0 Å². The van der Waals surface area contributed by atoms with Crippen LogP contribution in [0.5, 0.6) is 0 Å². The molecule has 2 N–H and O–H groups in total. The second-order valence-electron chi connectivity index (χ2n) is 4.09. The molecule has 0 saturated heterocycles. The molecule has 0 bridgehead atoms. The summed E-state index contributed by atoms with van der Waals surface area (Å²) in [5, 5.41) is 0.772. The van der Waals surface area contributed by atoms with Gasteiger partial charge in [-0.05, 0) is 36.2 Å². The third-order valence-electron chi connectivity index (χ3n) is 2.93. The Labute approximate surface area is 107 Å². The van der Waals surface area contributed by atoms with Gasteiger partial charge in [0, 0.05) is 10.9 Å². The van der Waals surface area contributed by atoms with Crippen LogP contribution in [0.3, 0.4) is 0 Å². The van der Waals surface area contributed by atoms with Gasteiger partial charge in [0.1, 0.15) is 0 Å². The van der Waals surface area contributed by atoms with E-state index in [1.54, 1.807) is 0 Å². The van der Waals surface area contributed by atoms with Crippen molar-refractivity contribution in [1.82, 2.24) is 0 Å². The average molecular weight is 246 g/mol. The molecular weight excluding hydrogens is 230 g/mol. The van der Waals surface area contributed by atoms with Crippen molar-refractivity contribution in [2.45, 2.75) is 12.3 Å². The van der Waals surface area contributed by atoms with Gasteiger partial charge in [0.25, 0.3) is 0 Å². The molecule has 0 aliphatic heterocycles. The summed E-state index contributed by atoms with van der Waals surface area (Å²) in [7, 11) is 0. The summed E-state index contributed by atoms with van der Waals surface area (Å²) in [6.07, 6.45) is 0.950. The molecule has 0 saturated carbocycles. The Morgan fingerprint density at radius 2 is 1.47 bits per heavy atom. The minimum atomic E-state index is 0.360. The fourth-order valence-electron chi connectivity index (χ4n) is 2.07. The van der Waals surface area contributed by atoms with Gasteiger partial charge in [0.15, 0.2) is 0 Å². The zero-order chi connectivity index (χ0) is 12.1. The first kappa shape index (κ1) is 12.2. The number of benzene rings is 2. The lowest BCUT2D eigenvalue weighted by Crippen LogP contribution is -2.08. The number of nitrogens with two attached hydrogens (primary N) is 1. The summed E-state index contributed by atoms with van der Waals surface area (Å²) in [5.74, 6) is 0.360. The molecule has 17 heavy (non-hydrogen) atoms. The van der Waals surface area contributed by atoms with Crippen LogP contribution in [-0.4, -0.2) is 6.54 Å². The number of hydrogen-bond acceptors (Lipinski definition) is 1. The van der Waals surface area contributed by atoms with Crippen molar-refractivity contribution in [3.05, 3.63) is 70.7 Å². The minimum absolute atomic E-state index is 0.360. The molecule has 0 unspecified atom stereocenters. The molecule has 2 rings (SSSR count). The van der Waals surface area contributed by atoms with Crippen LogP contribution in [0.1, 0.15) is 23.5 Å². The van der Waals surface area contributed by atoms with Gasteiger partial charge < -0.3 is 5.73 Å². The molecule has 0 amide bonds. The lowest BCUT2D eigenvalue weighted by molar-refractivity contribution is 0.726. The van der Waals surface area contributed by atoms with Crippen LogP contribution >= 0.6 is 11.6 Å². The largest absolute Gasteiger partial charge is 0.330 e. The van der Waals surface area contributed by atoms with E-state index in [9.17, 15) is 0 Å². The van der Waals surface area contributed by atoms with Crippen LogP contribution in [0.25, 0.3) is 0 Å². The van der Waals surface area contributed by atoms with Crippen LogP contribution in [0.2, 0.25) is 5.02 Å². The summed E-state index contributed by atoms with van der Waals surface area (Å²) in [6.45, 7) is 0.683. The van der Waals surface area contributed by atoms with Crippen molar-refractivity contribution in [1.29, 1.82) is 0 Å². The van der Waals surface area contributed by atoms with Gasteiger partial charge in [0.05, 0.1) is 0 Å². The molecule has 0 spiro atoms. The molecule has 1 nitrogen and oxygen atoms in total. The summed E-state index contributed by atoms with van der Waals surface area (Å²) in [6, 6.07) is 18.5. The third-order valence-corrected chi connectivity index (χ3v) is 3.18. The Hall–Kier alpha value is -1.31. The minimum Gasteiger partial charge on any atom is -0.330 e. The predicted molar refractivity (Wildman–Crippen MR) is 73.4 cm³/mol. The van der Waals surface area contributed by atoms with Gasteiger partial charge in [-0.15, -0.1) is 0 Å². The predicted octanol–water partition coefficient (Wildman–Crippen LogP) is 3.82. The lowest BCUT2D eigenvalue weighted by Gasteiger charge is -2.17. The summed E-state index contributed by atoms with van der Waals surface area (Å²) in [5.41, 5.74) is 8.28. The summed E-state index contributed by atoms with van der Waals surface area (Å²) in [4.78, 5) is 0. The van der Waals surface area contributed by atoms with E-state index in [-0.39, 0.29) is 0 Å². The number of halogens is 1. The topological polar surface area (TPSA) is 26.0 Å². The normalized spacial score (nSPS) is 12.4. The monoisotopic (exact) mass is 245 g/mol. The Bertz CT molecular complexity index is 450. The van der Waals surface area contributed by atoms with E-state index in [0.29, 0.717) is 12.5 Å². The van der Waals surface area contributed by atoms with Gasteiger partial charge in [-0.25, -0.2) is 0 Å². The van der Waals surface area contributed by atoms with Crippen LogP contribution < -0.4 is 5.73 Å². The highest BCUT2D eigenvalue weighted by atomic mass is 35.5. The molecule has 0 radical (unpaired) electrons. The zero-order valence-electron chi connectivity index (χ0n) is 9.64. The average Bonchev–Trinajstić information content (AvgIpc) is 2.38. The van der Waals surface area contributed by atoms with E-state index in [1.165, 1.54) is 11.1 Å². The van der Waals surface area contributed by atoms with Gasteiger partial charge in [-0.3, -0.25) is 0 Å². The molecule has 0 aliphatic carbocycles. The SMILES string of the molecule is NCC[C@@H](c1ccccc1)c1ccc(Cl)cc1. The molecule has 1 atom stereocenters. The fourth-order valence-corrected chi connectivity index (χ4v) is 2.20. The van der Waals surface area contributed by atoms with E-state index in [2.05, 4.69) is 36.4 Å². The second kappa shape index (κ2) is 5.85. The fraction of sp³-hybridized carbons (Fsp3) is 0.200. The first-order chi connectivity index (χ1) is 8.31. The zero-order valence-corrected chi connectivity index (χ0v) is 10.4. The second-order valence-corrected chi connectivity index (χ2v) is 4.53. The van der Waals surface area contributed by atoms with Crippen LogP contribution in [0.15, 0.2) is 54.6 Å². The molecule has 2 aromatic carbocycles. The summed E-state index contributed by atoms with van der Waals surface area (Å²) >= 11 is 5.91. The molecular formula is C15H16ClN. The Kier molecular flexibility index (Phi) is 4.18. The first-order valence-electron chi connectivity index (χ1n) is 5.81. The van der Waals surface area contributed by atoms with Crippen molar-refractivity contribution in [2.75, 3.05) is 6.54 Å². The molecule has 2 aromatic rings. The highest BCUT2D eigenvalue weighted by Gasteiger charge is 2.12. The number of rotatable bonds is 4. The van der Waals surface area contributed by atoms with Crippen molar-refractivity contribution in [3.63, 3.8) is 0 Å². The van der Waals surface area contributed by atoms with Gasteiger partial charge >= 0.3 is 0 Å². The Morgan fingerprint density at radius 3 is 2.06 bits per heavy atom. The van der Waals surface area contributed by atoms with Gasteiger partial charge in [-0.2, -0.15) is 0 Å². The number of hydrogen-bond donors (Lipinski definition) is 1. The van der Waals surface area contributed by atoms with Gasteiger partial charge in [0.2, 0.25) is 0 Å². The highest BCUT2D eigenvalue weighted by molar-refractivity contribution is 6.30. The molecule has 0 aliphatic rings. The van der Waals surface area contributed by atoms with Crippen LogP contribution in [0, 0.1) is 0 Å². The maximum Gasteiger partial charge on any atom is 0.0406 e. The third kappa shape index (κ3) is 3.09. The standard InChI is InChI=1S/C15H16ClN/c16-14-8-6-13(7-9-14)15(10-11-17)12-4-2-1-3-5-12/h1-9,15H,10-11,17H2/t15-/m0/s1. The maximum atomic E-state index is 5.91. The highest BCUT2D eigenvalue weighted by Crippen LogP contribution is 2.28. The molecule has 2 heteroatoms. The Balaban J connectivity index is 2.32. The summed E-state index contributed by atoms with van der Waals surface area (Å²) < 4.78 is 0.